The molecule has 2 saturated heterocycles. The fourth-order valence-electron chi connectivity index (χ4n) is 3.57. The van der Waals surface area contributed by atoms with Gasteiger partial charge in [-0.1, -0.05) is 0 Å². The SMILES string of the molecule is CCS(=O)(=O)N1CCC(C(=O)NCCC[NH+]2CCCCC2)CC1. The number of carbonyl (C=O) groups is 1. The second-order valence-corrected chi connectivity index (χ2v) is 9.04. The second-order valence-electron chi connectivity index (χ2n) is 6.78. The van der Waals surface area contributed by atoms with E-state index in [9.17, 15) is 13.2 Å². The summed E-state index contributed by atoms with van der Waals surface area (Å²) in [5, 5.41) is 3.04. The highest BCUT2D eigenvalue weighted by Gasteiger charge is 2.29. The van der Waals surface area contributed by atoms with E-state index >= 15 is 0 Å². The number of rotatable bonds is 7. The molecular weight excluding hydrogens is 314 g/mol. The van der Waals surface area contributed by atoms with Gasteiger partial charge in [0.2, 0.25) is 15.9 Å². The predicted octanol–water partition coefficient (Wildman–Crippen LogP) is -0.377. The van der Waals surface area contributed by atoms with Gasteiger partial charge in [0.05, 0.1) is 25.4 Å². The molecule has 0 aromatic carbocycles. The number of likely N-dealkylation sites (tertiary alicyclic amines) is 1. The maximum Gasteiger partial charge on any atom is 0.223 e. The van der Waals surface area contributed by atoms with Crippen molar-refractivity contribution in [2.75, 3.05) is 45.0 Å². The normalized spacial score (nSPS) is 22.1. The van der Waals surface area contributed by atoms with Crippen molar-refractivity contribution in [1.29, 1.82) is 0 Å². The molecule has 0 atom stereocenters. The first-order chi connectivity index (χ1) is 11.0. The summed E-state index contributed by atoms with van der Waals surface area (Å²) in [4.78, 5) is 13.9. The zero-order valence-corrected chi connectivity index (χ0v) is 15.2. The van der Waals surface area contributed by atoms with Gasteiger partial charge in [0.1, 0.15) is 0 Å². The van der Waals surface area contributed by atoms with Crippen LogP contribution in [-0.4, -0.2) is 63.7 Å². The molecule has 0 spiro atoms. The van der Waals surface area contributed by atoms with Crippen LogP contribution >= 0.6 is 0 Å². The lowest BCUT2D eigenvalue weighted by Gasteiger charge is -2.30. The van der Waals surface area contributed by atoms with Crippen molar-refractivity contribution in [1.82, 2.24) is 9.62 Å². The van der Waals surface area contributed by atoms with Crippen molar-refractivity contribution in [2.24, 2.45) is 5.92 Å². The quantitative estimate of drug-likeness (QED) is 0.618. The van der Waals surface area contributed by atoms with Crippen molar-refractivity contribution in [2.45, 2.75) is 45.4 Å². The molecule has 2 rings (SSSR count). The Morgan fingerprint density at radius 3 is 2.43 bits per heavy atom. The van der Waals surface area contributed by atoms with Crippen LogP contribution in [0.3, 0.4) is 0 Å². The molecule has 23 heavy (non-hydrogen) atoms. The lowest BCUT2D eigenvalue weighted by molar-refractivity contribution is -0.904. The molecule has 2 N–H and O–H groups in total. The van der Waals surface area contributed by atoms with Crippen LogP contribution in [0.2, 0.25) is 0 Å². The molecule has 2 heterocycles. The largest absolute Gasteiger partial charge is 0.356 e. The van der Waals surface area contributed by atoms with Gasteiger partial charge >= 0.3 is 0 Å². The highest BCUT2D eigenvalue weighted by atomic mass is 32.2. The average molecular weight is 347 g/mol. The summed E-state index contributed by atoms with van der Waals surface area (Å²) in [6, 6.07) is 0. The summed E-state index contributed by atoms with van der Waals surface area (Å²) in [6.07, 6.45) is 6.35. The molecule has 2 aliphatic rings. The van der Waals surface area contributed by atoms with Gasteiger partial charge in [-0.3, -0.25) is 4.79 Å². The lowest BCUT2D eigenvalue weighted by Crippen LogP contribution is -3.12. The molecule has 0 aromatic rings. The molecule has 6 nitrogen and oxygen atoms in total. The third kappa shape index (κ3) is 5.72. The first-order valence-corrected chi connectivity index (χ1v) is 10.7. The number of hydrogen-bond acceptors (Lipinski definition) is 3. The van der Waals surface area contributed by atoms with Crippen LogP contribution in [-0.2, 0) is 14.8 Å². The fraction of sp³-hybridized carbons (Fsp3) is 0.938. The topological polar surface area (TPSA) is 70.9 Å². The van der Waals surface area contributed by atoms with E-state index in [1.165, 1.54) is 36.7 Å². The third-order valence-electron chi connectivity index (χ3n) is 5.15. The minimum absolute atomic E-state index is 0.0272. The zero-order chi connectivity index (χ0) is 16.7. The molecule has 2 aliphatic heterocycles. The van der Waals surface area contributed by atoms with Gasteiger partial charge in [-0.05, 0) is 39.0 Å². The number of amides is 1. The molecule has 7 heteroatoms. The molecule has 0 bridgehead atoms. The molecular formula is C16H32N3O3S+. The highest BCUT2D eigenvalue weighted by Crippen LogP contribution is 2.19. The first kappa shape index (κ1) is 18.7. The van der Waals surface area contributed by atoms with E-state index < -0.39 is 10.0 Å². The Morgan fingerprint density at radius 1 is 1.17 bits per heavy atom. The van der Waals surface area contributed by atoms with Gasteiger partial charge in [-0.15, -0.1) is 0 Å². The Kier molecular flexibility index (Phi) is 7.30. The van der Waals surface area contributed by atoms with Crippen LogP contribution in [0, 0.1) is 5.92 Å². The number of carbonyl (C=O) groups excluding carboxylic acids is 1. The summed E-state index contributed by atoms with van der Waals surface area (Å²) in [6.45, 7) is 7.07. The fourth-order valence-corrected chi connectivity index (χ4v) is 4.71. The van der Waals surface area contributed by atoms with E-state index in [4.69, 9.17) is 0 Å². The molecule has 0 radical (unpaired) electrons. The van der Waals surface area contributed by atoms with Crippen LogP contribution in [0.25, 0.3) is 0 Å². The van der Waals surface area contributed by atoms with Crippen LogP contribution in [0.15, 0.2) is 0 Å². The minimum Gasteiger partial charge on any atom is -0.356 e. The summed E-state index contributed by atoms with van der Waals surface area (Å²) in [7, 11) is -3.10. The van der Waals surface area contributed by atoms with E-state index in [2.05, 4.69) is 5.32 Å². The maximum absolute atomic E-state index is 12.2. The zero-order valence-electron chi connectivity index (χ0n) is 14.3. The Labute approximate surface area is 140 Å². The Bertz CT molecular complexity index is 467. The third-order valence-corrected chi connectivity index (χ3v) is 7.03. The van der Waals surface area contributed by atoms with Gasteiger partial charge in [-0.25, -0.2) is 12.7 Å². The number of piperidine rings is 2. The van der Waals surface area contributed by atoms with Crippen LogP contribution < -0.4 is 10.2 Å². The van der Waals surface area contributed by atoms with E-state index in [0.717, 1.165) is 19.5 Å². The van der Waals surface area contributed by atoms with Gasteiger partial charge in [-0.2, -0.15) is 0 Å². The average Bonchev–Trinajstić information content (AvgIpc) is 2.59. The number of hydrogen-bond donors (Lipinski definition) is 2. The standard InChI is InChI=1S/C16H31N3O3S/c1-2-23(21,22)19-13-7-15(8-14-19)16(20)17-9-6-12-18-10-4-3-5-11-18/h15H,2-14H2,1H3,(H,17,20)/p+1. The van der Waals surface area contributed by atoms with Crippen molar-refractivity contribution in [3.63, 3.8) is 0 Å². The molecule has 134 valence electrons. The van der Waals surface area contributed by atoms with Gasteiger partial charge in [0, 0.05) is 32.0 Å². The molecule has 0 unspecified atom stereocenters. The Balaban J connectivity index is 1.61. The first-order valence-electron chi connectivity index (χ1n) is 9.12. The highest BCUT2D eigenvalue weighted by molar-refractivity contribution is 7.89. The van der Waals surface area contributed by atoms with Crippen LogP contribution in [0.4, 0.5) is 0 Å². The van der Waals surface area contributed by atoms with E-state index in [1.807, 2.05) is 0 Å². The second kappa shape index (κ2) is 8.99. The number of nitrogens with zero attached hydrogens (tertiary/aromatic N) is 1. The minimum atomic E-state index is -3.10. The summed E-state index contributed by atoms with van der Waals surface area (Å²) in [5.74, 6) is 0.218. The van der Waals surface area contributed by atoms with Gasteiger partial charge < -0.3 is 10.2 Å². The monoisotopic (exact) mass is 346 g/mol. The van der Waals surface area contributed by atoms with E-state index in [1.54, 1.807) is 11.8 Å². The smallest absolute Gasteiger partial charge is 0.223 e. The Hall–Kier alpha value is -0.660. The number of quaternary nitrogens is 1. The number of sulfonamides is 1. The van der Waals surface area contributed by atoms with E-state index in [0.29, 0.717) is 25.9 Å². The van der Waals surface area contributed by atoms with Crippen LogP contribution in [0.5, 0.6) is 0 Å². The molecule has 0 saturated carbocycles. The molecule has 1 amide bonds. The lowest BCUT2D eigenvalue weighted by atomic mass is 9.97. The van der Waals surface area contributed by atoms with Crippen molar-refractivity contribution < 1.29 is 18.1 Å². The Morgan fingerprint density at radius 2 is 1.83 bits per heavy atom. The van der Waals surface area contributed by atoms with Gasteiger partial charge in [0.15, 0.2) is 0 Å². The van der Waals surface area contributed by atoms with Crippen molar-refractivity contribution >= 4 is 15.9 Å². The summed E-state index contributed by atoms with van der Waals surface area (Å²) >= 11 is 0. The number of nitrogens with one attached hydrogen (secondary N) is 2. The molecule has 0 aromatic heterocycles. The molecule has 0 aliphatic carbocycles. The predicted molar refractivity (Wildman–Crippen MR) is 90.8 cm³/mol. The van der Waals surface area contributed by atoms with Crippen molar-refractivity contribution in [3.8, 4) is 0 Å². The van der Waals surface area contributed by atoms with E-state index in [-0.39, 0.29) is 17.6 Å². The summed E-state index contributed by atoms with van der Waals surface area (Å²) < 4.78 is 25.2. The molecule has 2 fully saturated rings. The van der Waals surface area contributed by atoms with Crippen LogP contribution in [0.1, 0.15) is 45.4 Å². The summed E-state index contributed by atoms with van der Waals surface area (Å²) in [5.41, 5.74) is 0. The van der Waals surface area contributed by atoms with Crippen molar-refractivity contribution in [3.05, 3.63) is 0 Å². The van der Waals surface area contributed by atoms with Gasteiger partial charge in [0.25, 0.3) is 0 Å². The maximum atomic E-state index is 12.2.